The van der Waals surface area contributed by atoms with E-state index in [1.807, 2.05) is 13.0 Å². The fraction of sp³-hybridized carbons (Fsp3) is 0.233. The third-order valence-corrected chi connectivity index (χ3v) is 7.45. The molecule has 0 atom stereocenters. The molecule has 0 radical (unpaired) electrons. The molecule has 0 saturated heterocycles. The highest BCUT2D eigenvalue weighted by molar-refractivity contribution is 5.99. The number of hydrogen-bond acceptors (Lipinski definition) is 5. The number of fused-ring (bicyclic) bond motifs is 3. The van der Waals surface area contributed by atoms with E-state index in [0.717, 1.165) is 57.0 Å². The fourth-order valence-electron chi connectivity index (χ4n) is 5.37. The van der Waals surface area contributed by atoms with E-state index in [4.69, 9.17) is 14.2 Å². The lowest BCUT2D eigenvalue weighted by atomic mass is 9.89. The molecule has 1 N–H and O–H groups in total. The Morgan fingerprint density at radius 3 is 2.76 bits per heavy atom. The van der Waals surface area contributed by atoms with Crippen LogP contribution in [0.5, 0.6) is 5.75 Å². The summed E-state index contributed by atoms with van der Waals surface area (Å²) in [4.78, 5) is 19.3. The quantitative estimate of drug-likeness (QED) is 0.328. The third-order valence-electron chi connectivity index (χ3n) is 7.45. The van der Waals surface area contributed by atoms with Gasteiger partial charge in [0.25, 0.3) is 0 Å². The van der Waals surface area contributed by atoms with Gasteiger partial charge in [0.1, 0.15) is 24.0 Å². The van der Waals surface area contributed by atoms with Crippen molar-refractivity contribution < 1.29 is 13.7 Å². The van der Waals surface area contributed by atoms with Crippen molar-refractivity contribution >= 4 is 22.2 Å². The Labute approximate surface area is 217 Å². The maximum absolute atomic E-state index is 14.2. The minimum Gasteiger partial charge on any atom is -0.488 e. The summed E-state index contributed by atoms with van der Waals surface area (Å²) in [5, 5.41) is 3.89. The van der Waals surface area contributed by atoms with Crippen molar-refractivity contribution in [2.45, 2.75) is 39.3 Å². The van der Waals surface area contributed by atoms with Crippen LogP contribution in [0.15, 0.2) is 70.0 Å². The summed E-state index contributed by atoms with van der Waals surface area (Å²) in [6, 6.07) is 19.1. The average molecular weight is 509 g/mol. The van der Waals surface area contributed by atoms with E-state index in [2.05, 4.69) is 51.1 Å². The Bertz CT molecular complexity index is 1790. The minimum absolute atomic E-state index is 0.283. The molecule has 3 heterocycles. The van der Waals surface area contributed by atoms with Crippen molar-refractivity contribution in [1.29, 1.82) is 0 Å². The highest BCUT2D eigenvalue weighted by Crippen LogP contribution is 2.41. The lowest BCUT2D eigenvalue weighted by Crippen LogP contribution is -2.07. The van der Waals surface area contributed by atoms with Crippen LogP contribution in [0, 0.1) is 11.7 Å². The number of halogens is 1. The number of ether oxygens (including phenoxy) is 1. The van der Waals surface area contributed by atoms with E-state index < -0.39 is 5.76 Å². The van der Waals surface area contributed by atoms with Crippen molar-refractivity contribution in [1.82, 2.24) is 19.7 Å². The van der Waals surface area contributed by atoms with Crippen LogP contribution >= 0.6 is 0 Å². The number of hydrogen-bond donors (Lipinski definition) is 1. The van der Waals surface area contributed by atoms with Gasteiger partial charge in [0, 0.05) is 30.2 Å². The molecule has 1 aliphatic carbocycles. The summed E-state index contributed by atoms with van der Waals surface area (Å²) in [6.07, 6.45) is 3.53. The number of imidazole rings is 1. The first-order chi connectivity index (χ1) is 18.5. The van der Waals surface area contributed by atoms with Crippen LogP contribution in [0.25, 0.3) is 22.2 Å². The Kier molecular flexibility index (Phi) is 5.28. The normalized spacial score (nSPS) is 16.1. The van der Waals surface area contributed by atoms with Crippen molar-refractivity contribution in [2.24, 2.45) is 5.92 Å². The maximum Gasteiger partial charge on any atom is 0.439 e. The van der Waals surface area contributed by atoms with Gasteiger partial charge in [-0.2, -0.15) is 0 Å². The molecule has 5 aromatic rings. The van der Waals surface area contributed by atoms with E-state index in [1.54, 1.807) is 6.07 Å². The van der Waals surface area contributed by atoms with Crippen LogP contribution in [0.1, 0.15) is 53.7 Å². The second-order valence-electron chi connectivity index (χ2n) is 10.1. The van der Waals surface area contributed by atoms with E-state index in [1.165, 1.54) is 25.0 Å². The van der Waals surface area contributed by atoms with Crippen molar-refractivity contribution in [2.75, 3.05) is 0 Å². The molecule has 0 spiro atoms. The molecular formula is C30H25FN4O3. The molecule has 2 aromatic heterocycles. The van der Waals surface area contributed by atoms with Crippen LogP contribution in [0.3, 0.4) is 0 Å². The molecule has 7 nitrogen and oxygen atoms in total. The Balaban J connectivity index is 1.34. The number of para-hydroxylation sites is 2. The zero-order valence-corrected chi connectivity index (χ0v) is 20.8. The second kappa shape index (κ2) is 8.83. The van der Waals surface area contributed by atoms with Crippen LogP contribution in [-0.2, 0) is 19.6 Å². The average Bonchev–Trinajstić information content (AvgIpc) is 3.57. The SMILES string of the molecule is CC(=C1c2ccc(Cn3c(CC4CC4)nc4ccccc43)cc2COc2cc(F)ccc21)c1noc(=O)[nH]1. The van der Waals surface area contributed by atoms with Gasteiger partial charge in [-0.1, -0.05) is 29.4 Å². The predicted octanol–water partition coefficient (Wildman–Crippen LogP) is 5.72. The van der Waals surface area contributed by atoms with Crippen LogP contribution in [-0.4, -0.2) is 19.7 Å². The first-order valence-corrected chi connectivity index (χ1v) is 12.8. The van der Waals surface area contributed by atoms with Crippen molar-refractivity contribution in [3.05, 3.63) is 111 Å². The summed E-state index contributed by atoms with van der Waals surface area (Å²) >= 11 is 0. The molecule has 1 fully saturated rings. The molecule has 3 aromatic carbocycles. The summed E-state index contributed by atoms with van der Waals surface area (Å²) in [5.74, 6) is 1.60. The Hall–Kier alpha value is -4.46. The molecule has 0 bridgehead atoms. The number of H-pyrrole nitrogens is 1. The largest absolute Gasteiger partial charge is 0.488 e. The van der Waals surface area contributed by atoms with E-state index in [-0.39, 0.29) is 12.4 Å². The molecule has 1 aliphatic heterocycles. The van der Waals surface area contributed by atoms with Crippen LogP contribution in [0.4, 0.5) is 4.39 Å². The third kappa shape index (κ3) is 4.02. The predicted molar refractivity (Wildman–Crippen MR) is 141 cm³/mol. The molecule has 7 rings (SSSR count). The highest BCUT2D eigenvalue weighted by Gasteiger charge is 2.26. The maximum atomic E-state index is 14.2. The Morgan fingerprint density at radius 2 is 1.95 bits per heavy atom. The number of benzene rings is 3. The molecule has 0 amide bonds. The molecule has 8 heteroatoms. The van der Waals surface area contributed by atoms with Crippen molar-refractivity contribution in [3.8, 4) is 5.75 Å². The van der Waals surface area contributed by atoms with Gasteiger partial charge in [0.2, 0.25) is 0 Å². The summed E-state index contributed by atoms with van der Waals surface area (Å²) in [7, 11) is 0. The molecular weight excluding hydrogens is 483 g/mol. The van der Waals surface area contributed by atoms with Crippen LogP contribution < -0.4 is 10.5 Å². The zero-order chi connectivity index (χ0) is 25.8. The smallest absolute Gasteiger partial charge is 0.439 e. The minimum atomic E-state index is -0.630. The number of aromatic nitrogens is 4. The lowest BCUT2D eigenvalue weighted by Gasteiger charge is -2.15. The molecule has 0 unspecified atom stereocenters. The first-order valence-electron chi connectivity index (χ1n) is 12.8. The molecule has 1 saturated carbocycles. The van der Waals surface area contributed by atoms with Crippen molar-refractivity contribution in [3.63, 3.8) is 0 Å². The Morgan fingerprint density at radius 1 is 1.11 bits per heavy atom. The number of aromatic amines is 1. The van der Waals surface area contributed by atoms with Gasteiger partial charge in [-0.25, -0.2) is 14.2 Å². The molecule has 190 valence electrons. The number of nitrogens with zero attached hydrogens (tertiary/aromatic N) is 3. The molecule has 38 heavy (non-hydrogen) atoms. The van der Waals surface area contributed by atoms with Crippen LogP contribution in [0.2, 0.25) is 0 Å². The fourth-order valence-corrected chi connectivity index (χ4v) is 5.37. The first kappa shape index (κ1) is 22.7. The summed E-state index contributed by atoms with van der Waals surface area (Å²) in [5.41, 5.74) is 7.41. The number of allylic oxidation sites excluding steroid dienone is 1. The van der Waals surface area contributed by atoms with Gasteiger partial charge in [-0.15, -0.1) is 0 Å². The topological polar surface area (TPSA) is 85.9 Å². The highest BCUT2D eigenvalue weighted by atomic mass is 19.1. The standard InChI is InChI=1S/C30H25FN4O3/c1-17(29-33-30(36)38-34-29)28-22-10-8-19(12-20(22)16-37-26-14-21(31)9-11-23(26)28)15-35-25-5-3-2-4-24(25)32-27(35)13-18-6-7-18/h2-5,8-12,14,18H,6-7,13,15-16H2,1H3,(H,33,34,36). The van der Waals surface area contributed by atoms with E-state index in [0.29, 0.717) is 23.7 Å². The summed E-state index contributed by atoms with van der Waals surface area (Å²) < 4.78 is 27.4. The van der Waals surface area contributed by atoms with Gasteiger partial charge < -0.3 is 9.30 Å². The van der Waals surface area contributed by atoms with Gasteiger partial charge >= 0.3 is 5.76 Å². The van der Waals surface area contributed by atoms with Gasteiger partial charge in [0.05, 0.1) is 11.0 Å². The monoisotopic (exact) mass is 508 g/mol. The zero-order valence-electron chi connectivity index (χ0n) is 20.8. The summed E-state index contributed by atoms with van der Waals surface area (Å²) in [6.45, 7) is 2.83. The van der Waals surface area contributed by atoms with Gasteiger partial charge in [0.15, 0.2) is 5.82 Å². The number of nitrogens with one attached hydrogen (secondary N) is 1. The molecule has 2 aliphatic rings. The lowest BCUT2D eigenvalue weighted by molar-refractivity contribution is 0.305. The van der Waals surface area contributed by atoms with E-state index in [9.17, 15) is 9.18 Å². The number of rotatable bonds is 5. The van der Waals surface area contributed by atoms with Gasteiger partial charge in [-0.05, 0) is 78.3 Å². The van der Waals surface area contributed by atoms with Gasteiger partial charge in [-0.3, -0.25) is 9.51 Å². The van der Waals surface area contributed by atoms with E-state index >= 15 is 0 Å². The second-order valence-corrected chi connectivity index (χ2v) is 10.1.